The second-order valence-electron chi connectivity index (χ2n) is 4.60. The molecule has 1 heterocycles. The second-order valence-corrected chi connectivity index (χ2v) is 5.89. The largest absolute Gasteiger partial charge is 0.328 e. The number of rotatable bonds is 3. The van der Waals surface area contributed by atoms with Crippen LogP contribution in [0.5, 0.6) is 0 Å². The molecule has 0 saturated carbocycles. The molecule has 2 rings (SSSR count). The zero-order valence-electron chi connectivity index (χ0n) is 10.9. The van der Waals surface area contributed by atoms with Crippen LogP contribution in [0.4, 0.5) is 17.6 Å². The van der Waals surface area contributed by atoms with Crippen molar-refractivity contribution in [2.45, 2.75) is 17.7 Å². The zero-order valence-corrected chi connectivity index (χ0v) is 13.2. The topological polar surface area (TPSA) is 26.9 Å². The van der Waals surface area contributed by atoms with Crippen molar-refractivity contribution in [1.82, 2.24) is 9.13 Å². The van der Waals surface area contributed by atoms with Crippen molar-refractivity contribution >= 4 is 38.6 Å². The van der Waals surface area contributed by atoms with Crippen molar-refractivity contribution in [2.75, 3.05) is 0 Å². The van der Waals surface area contributed by atoms with Crippen LogP contribution in [0.3, 0.4) is 0 Å². The number of nitrogens with zero attached hydrogens (tertiary/aromatic N) is 2. The van der Waals surface area contributed by atoms with E-state index in [1.54, 1.807) is 0 Å². The lowest BCUT2D eigenvalue weighted by molar-refractivity contribution is -0.130. The summed E-state index contributed by atoms with van der Waals surface area (Å²) < 4.78 is 54.4. The summed E-state index contributed by atoms with van der Waals surface area (Å²) in [6, 6.07) is 2.62. The molecule has 1 aromatic heterocycles. The second kappa shape index (κ2) is 5.31. The SMILES string of the molecule is Cn1c(=O)n(C)c2cc(C(Cl)C(F)(F)C(F)F)c(Br)cc21. The average Bonchev–Trinajstić information content (AvgIpc) is 2.62. The van der Waals surface area contributed by atoms with Gasteiger partial charge in [0.1, 0.15) is 5.38 Å². The zero-order chi connectivity index (χ0) is 16.1. The number of alkyl halides is 5. The molecular weight excluding hydrogens is 379 g/mol. The summed E-state index contributed by atoms with van der Waals surface area (Å²) in [6.45, 7) is 0. The van der Waals surface area contributed by atoms with Gasteiger partial charge in [0, 0.05) is 18.6 Å². The van der Waals surface area contributed by atoms with E-state index in [4.69, 9.17) is 11.6 Å². The third kappa shape index (κ3) is 2.48. The Bertz CT molecular complexity index is 756. The number of aryl methyl sites for hydroxylation is 2. The molecule has 1 atom stereocenters. The number of fused-ring (bicyclic) bond motifs is 1. The molecule has 0 amide bonds. The third-order valence-corrected chi connectivity index (χ3v) is 4.51. The molecule has 0 aliphatic carbocycles. The van der Waals surface area contributed by atoms with E-state index in [2.05, 4.69) is 15.9 Å². The van der Waals surface area contributed by atoms with Gasteiger partial charge in [0.05, 0.1) is 11.0 Å². The standard InChI is InChI=1S/C12H10BrClF4N2O/c1-19-7-3-5(9(14)12(17,18)10(15)16)6(13)4-8(7)20(2)11(19)21/h3-4,9-10H,1-2H3. The van der Waals surface area contributed by atoms with Gasteiger partial charge in [0.15, 0.2) is 0 Å². The Labute approximate surface area is 130 Å². The summed E-state index contributed by atoms with van der Waals surface area (Å²) in [5, 5.41) is -2.22. The van der Waals surface area contributed by atoms with Gasteiger partial charge in [-0.25, -0.2) is 13.6 Å². The van der Waals surface area contributed by atoms with Crippen LogP contribution in [-0.2, 0) is 14.1 Å². The predicted molar refractivity (Wildman–Crippen MR) is 75.4 cm³/mol. The highest BCUT2D eigenvalue weighted by Gasteiger charge is 2.49. The summed E-state index contributed by atoms with van der Waals surface area (Å²) in [5.74, 6) is -4.38. The van der Waals surface area contributed by atoms with Crippen molar-refractivity contribution in [3.05, 3.63) is 32.7 Å². The highest BCUT2D eigenvalue weighted by atomic mass is 79.9. The van der Waals surface area contributed by atoms with Gasteiger partial charge >= 0.3 is 18.0 Å². The molecule has 2 aromatic rings. The van der Waals surface area contributed by atoms with Gasteiger partial charge in [0.2, 0.25) is 0 Å². The molecule has 0 saturated heterocycles. The van der Waals surface area contributed by atoms with Crippen LogP contribution < -0.4 is 5.69 Å². The first kappa shape index (κ1) is 16.4. The molecule has 0 fully saturated rings. The van der Waals surface area contributed by atoms with E-state index in [9.17, 15) is 22.4 Å². The Morgan fingerprint density at radius 2 is 1.67 bits per heavy atom. The normalized spacial score (nSPS) is 14.1. The molecule has 21 heavy (non-hydrogen) atoms. The molecule has 0 aliphatic heterocycles. The molecule has 9 heteroatoms. The first-order valence-electron chi connectivity index (χ1n) is 5.74. The van der Waals surface area contributed by atoms with Crippen molar-refractivity contribution in [3.8, 4) is 0 Å². The highest BCUT2D eigenvalue weighted by molar-refractivity contribution is 9.10. The van der Waals surface area contributed by atoms with Crippen LogP contribution in [0.1, 0.15) is 10.9 Å². The predicted octanol–water partition coefficient (Wildman–Crippen LogP) is 3.82. The molecule has 0 aliphatic rings. The van der Waals surface area contributed by atoms with E-state index >= 15 is 0 Å². The number of hydrogen-bond donors (Lipinski definition) is 0. The number of benzene rings is 1. The van der Waals surface area contributed by atoms with Crippen molar-refractivity contribution in [3.63, 3.8) is 0 Å². The van der Waals surface area contributed by atoms with Crippen LogP contribution in [0, 0.1) is 0 Å². The number of imidazole rings is 1. The lowest BCUT2D eigenvalue weighted by Crippen LogP contribution is -2.31. The Hall–Kier alpha value is -1.02. The Morgan fingerprint density at radius 3 is 2.14 bits per heavy atom. The first-order valence-corrected chi connectivity index (χ1v) is 6.96. The van der Waals surface area contributed by atoms with E-state index in [-0.39, 0.29) is 15.7 Å². The Kier molecular flexibility index (Phi) is 4.14. The molecule has 0 N–H and O–H groups in total. The molecular formula is C12H10BrClF4N2O. The number of hydrogen-bond acceptors (Lipinski definition) is 1. The van der Waals surface area contributed by atoms with Crippen LogP contribution in [0.25, 0.3) is 11.0 Å². The fraction of sp³-hybridized carbons (Fsp3) is 0.417. The van der Waals surface area contributed by atoms with Crippen LogP contribution >= 0.6 is 27.5 Å². The minimum absolute atomic E-state index is 0.136. The van der Waals surface area contributed by atoms with Crippen molar-refractivity contribution in [1.29, 1.82) is 0 Å². The van der Waals surface area contributed by atoms with Crippen LogP contribution in [0.15, 0.2) is 21.4 Å². The maximum Gasteiger partial charge on any atom is 0.328 e. The lowest BCUT2D eigenvalue weighted by Gasteiger charge is -2.22. The maximum absolute atomic E-state index is 13.4. The number of halogens is 6. The molecule has 116 valence electrons. The van der Waals surface area contributed by atoms with Gasteiger partial charge in [-0.1, -0.05) is 15.9 Å². The summed E-state index contributed by atoms with van der Waals surface area (Å²) in [4.78, 5) is 11.8. The summed E-state index contributed by atoms with van der Waals surface area (Å²) in [6.07, 6.45) is -3.89. The van der Waals surface area contributed by atoms with E-state index < -0.39 is 17.7 Å². The highest BCUT2D eigenvalue weighted by Crippen LogP contribution is 2.44. The fourth-order valence-electron chi connectivity index (χ4n) is 2.05. The van der Waals surface area contributed by atoms with E-state index in [0.717, 1.165) is 0 Å². The molecule has 1 unspecified atom stereocenters. The summed E-state index contributed by atoms with van der Waals surface area (Å²) in [5.41, 5.74) is 0.246. The fourth-order valence-corrected chi connectivity index (χ4v) is 3.02. The minimum Gasteiger partial charge on any atom is -0.295 e. The molecule has 0 bridgehead atoms. The van der Waals surface area contributed by atoms with Gasteiger partial charge in [-0.05, 0) is 17.7 Å². The number of aromatic nitrogens is 2. The van der Waals surface area contributed by atoms with Crippen LogP contribution in [0.2, 0.25) is 0 Å². The molecule has 1 aromatic carbocycles. The third-order valence-electron chi connectivity index (χ3n) is 3.29. The van der Waals surface area contributed by atoms with E-state index in [1.165, 1.54) is 35.4 Å². The quantitative estimate of drug-likeness (QED) is 0.579. The van der Waals surface area contributed by atoms with E-state index in [1.807, 2.05) is 0 Å². The summed E-state index contributed by atoms with van der Waals surface area (Å²) >= 11 is 8.58. The van der Waals surface area contributed by atoms with E-state index in [0.29, 0.717) is 11.0 Å². The average molecular weight is 390 g/mol. The smallest absolute Gasteiger partial charge is 0.295 e. The minimum atomic E-state index is -4.38. The Morgan fingerprint density at radius 1 is 1.19 bits per heavy atom. The van der Waals surface area contributed by atoms with Gasteiger partial charge in [-0.15, -0.1) is 11.6 Å². The van der Waals surface area contributed by atoms with Gasteiger partial charge in [0.25, 0.3) is 0 Å². The molecule has 3 nitrogen and oxygen atoms in total. The van der Waals surface area contributed by atoms with Gasteiger partial charge in [-0.2, -0.15) is 8.78 Å². The first-order chi connectivity index (χ1) is 9.59. The van der Waals surface area contributed by atoms with Gasteiger partial charge < -0.3 is 0 Å². The lowest BCUT2D eigenvalue weighted by atomic mass is 10.1. The van der Waals surface area contributed by atoms with Crippen LogP contribution in [-0.4, -0.2) is 21.5 Å². The molecule has 0 radical (unpaired) electrons. The summed E-state index contributed by atoms with van der Waals surface area (Å²) in [7, 11) is 2.97. The van der Waals surface area contributed by atoms with Gasteiger partial charge in [-0.3, -0.25) is 9.13 Å². The van der Waals surface area contributed by atoms with Crippen molar-refractivity contribution < 1.29 is 17.6 Å². The maximum atomic E-state index is 13.4. The molecule has 0 spiro atoms. The monoisotopic (exact) mass is 388 g/mol. The Balaban J connectivity index is 2.69. The van der Waals surface area contributed by atoms with Crippen molar-refractivity contribution in [2.24, 2.45) is 14.1 Å².